The fourth-order valence-electron chi connectivity index (χ4n) is 2.54. The summed E-state index contributed by atoms with van der Waals surface area (Å²) in [5, 5.41) is 13.7. The largest absolute Gasteiger partial charge is 0.384 e. The molecule has 0 saturated carbocycles. The Bertz CT molecular complexity index is 385. The lowest BCUT2D eigenvalue weighted by atomic mass is 9.86. The van der Waals surface area contributed by atoms with Gasteiger partial charge >= 0.3 is 0 Å². The van der Waals surface area contributed by atoms with Gasteiger partial charge in [0.25, 0.3) is 0 Å². The Hall–Kier alpha value is -0.860. The van der Waals surface area contributed by atoms with Gasteiger partial charge < -0.3 is 10.4 Å². The van der Waals surface area contributed by atoms with E-state index in [1.807, 2.05) is 6.92 Å². The molecule has 1 aliphatic carbocycles. The van der Waals surface area contributed by atoms with Crippen LogP contribution < -0.4 is 5.32 Å². The van der Waals surface area contributed by atoms with E-state index in [0.717, 1.165) is 12.1 Å². The van der Waals surface area contributed by atoms with Gasteiger partial charge in [0.2, 0.25) is 0 Å². The maximum absolute atomic E-state index is 10.5. The van der Waals surface area contributed by atoms with E-state index in [-0.39, 0.29) is 0 Å². The Morgan fingerprint density at radius 3 is 2.65 bits per heavy atom. The Morgan fingerprint density at radius 2 is 1.94 bits per heavy atom. The summed E-state index contributed by atoms with van der Waals surface area (Å²) in [5.74, 6) is 0. The number of aliphatic hydroxyl groups is 1. The van der Waals surface area contributed by atoms with E-state index in [0.29, 0.717) is 6.54 Å². The average Bonchev–Trinajstić information content (AvgIpc) is 2.36. The molecule has 17 heavy (non-hydrogen) atoms. The van der Waals surface area contributed by atoms with Crippen molar-refractivity contribution in [2.24, 2.45) is 0 Å². The van der Waals surface area contributed by atoms with Gasteiger partial charge in [-0.3, -0.25) is 0 Å². The van der Waals surface area contributed by atoms with Gasteiger partial charge in [0.15, 0.2) is 0 Å². The van der Waals surface area contributed by atoms with Crippen LogP contribution >= 0.6 is 0 Å². The lowest BCUT2D eigenvalue weighted by Crippen LogP contribution is -2.35. The van der Waals surface area contributed by atoms with Crippen LogP contribution in [0.25, 0.3) is 0 Å². The summed E-state index contributed by atoms with van der Waals surface area (Å²) in [6, 6.07) is 6.48. The predicted molar refractivity (Wildman–Crippen MR) is 71.2 cm³/mol. The third-order valence-corrected chi connectivity index (χ3v) is 3.69. The molecule has 1 atom stereocenters. The molecule has 0 fully saturated rings. The van der Waals surface area contributed by atoms with Crippen LogP contribution in [-0.2, 0) is 18.4 Å². The number of hydrogen-bond donors (Lipinski definition) is 2. The molecule has 1 unspecified atom stereocenters. The molecule has 2 rings (SSSR count). The van der Waals surface area contributed by atoms with Gasteiger partial charge in [-0.05, 0) is 55.8 Å². The van der Waals surface area contributed by atoms with Gasteiger partial charge in [0.1, 0.15) is 0 Å². The smallest absolute Gasteiger partial charge is 0.0992 e. The van der Waals surface area contributed by atoms with Crippen LogP contribution in [0.1, 0.15) is 43.4 Å². The fraction of sp³-hybridized carbons (Fsp3) is 0.600. The summed E-state index contributed by atoms with van der Waals surface area (Å²) in [7, 11) is 0. The Morgan fingerprint density at radius 1 is 1.24 bits per heavy atom. The van der Waals surface area contributed by atoms with Crippen molar-refractivity contribution >= 4 is 0 Å². The Labute approximate surface area is 104 Å². The van der Waals surface area contributed by atoms with E-state index in [2.05, 4.69) is 30.4 Å². The molecule has 2 heteroatoms. The van der Waals surface area contributed by atoms with Crippen molar-refractivity contribution in [2.45, 2.75) is 45.1 Å². The van der Waals surface area contributed by atoms with Gasteiger partial charge in [-0.15, -0.1) is 0 Å². The quantitative estimate of drug-likeness (QED) is 0.837. The van der Waals surface area contributed by atoms with E-state index >= 15 is 0 Å². The standard InChI is InChI=1S/C15H23NO/c1-3-16-11-15(2,17)14-9-8-12-6-4-5-7-13(12)10-14/h8-10,16-17H,3-7,11H2,1-2H3. The summed E-state index contributed by atoms with van der Waals surface area (Å²) >= 11 is 0. The number of likely N-dealkylation sites (N-methyl/N-ethyl adjacent to an activating group) is 1. The fourth-order valence-corrected chi connectivity index (χ4v) is 2.54. The van der Waals surface area contributed by atoms with Crippen molar-refractivity contribution in [3.8, 4) is 0 Å². The van der Waals surface area contributed by atoms with Crippen molar-refractivity contribution in [2.75, 3.05) is 13.1 Å². The Balaban J connectivity index is 2.20. The van der Waals surface area contributed by atoms with Gasteiger partial charge in [0.05, 0.1) is 5.60 Å². The van der Waals surface area contributed by atoms with E-state index in [1.54, 1.807) is 0 Å². The molecule has 1 aliphatic rings. The SMILES string of the molecule is CCNCC(C)(O)c1ccc2c(c1)CCCC2. The molecule has 0 spiro atoms. The number of benzene rings is 1. The van der Waals surface area contributed by atoms with Crippen LogP contribution in [0.2, 0.25) is 0 Å². The third kappa shape index (κ3) is 2.88. The van der Waals surface area contributed by atoms with Crippen molar-refractivity contribution < 1.29 is 5.11 Å². The van der Waals surface area contributed by atoms with Crippen molar-refractivity contribution in [3.05, 3.63) is 34.9 Å². The molecule has 2 nitrogen and oxygen atoms in total. The highest BCUT2D eigenvalue weighted by atomic mass is 16.3. The van der Waals surface area contributed by atoms with Crippen molar-refractivity contribution in [3.63, 3.8) is 0 Å². The molecule has 1 aromatic rings. The number of nitrogens with one attached hydrogen (secondary N) is 1. The van der Waals surface area contributed by atoms with Crippen molar-refractivity contribution in [1.29, 1.82) is 0 Å². The molecule has 0 saturated heterocycles. The van der Waals surface area contributed by atoms with Gasteiger partial charge in [-0.25, -0.2) is 0 Å². The summed E-state index contributed by atoms with van der Waals surface area (Å²) < 4.78 is 0. The number of hydrogen-bond acceptors (Lipinski definition) is 2. The molecule has 1 aromatic carbocycles. The zero-order valence-electron chi connectivity index (χ0n) is 10.9. The highest BCUT2D eigenvalue weighted by Gasteiger charge is 2.23. The lowest BCUT2D eigenvalue weighted by Gasteiger charge is -2.26. The first-order valence-corrected chi connectivity index (χ1v) is 6.69. The molecule has 0 bridgehead atoms. The number of aryl methyl sites for hydroxylation is 2. The van der Waals surface area contributed by atoms with Gasteiger partial charge in [-0.2, -0.15) is 0 Å². The van der Waals surface area contributed by atoms with Crippen LogP contribution in [-0.4, -0.2) is 18.2 Å². The second-order valence-corrected chi connectivity index (χ2v) is 5.24. The third-order valence-electron chi connectivity index (χ3n) is 3.69. The zero-order chi connectivity index (χ0) is 12.3. The van der Waals surface area contributed by atoms with E-state index in [9.17, 15) is 5.11 Å². The van der Waals surface area contributed by atoms with Crippen molar-refractivity contribution in [1.82, 2.24) is 5.32 Å². The van der Waals surface area contributed by atoms with Crippen LogP contribution in [0.4, 0.5) is 0 Å². The normalized spacial score (nSPS) is 18.5. The van der Waals surface area contributed by atoms with E-state index < -0.39 is 5.60 Å². The van der Waals surface area contributed by atoms with Crippen LogP contribution in [0.5, 0.6) is 0 Å². The molecule has 0 radical (unpaired) electrons. The highest BCUT2D eigenvalue weighted by molar-refractivity contribution is 5.36. The average molecular weight is 233 g/mol. The van der Waals surface area contributed by atoms with Gasteiger partial charge in [0, 0.05) is 6.54 Å². The zero-order valence-corrected chi connectivity index (χ0v) is 10.9. The molecule has 2 N–H and O–H groups in total. The first-order valence-electron chi connectivity index (χ1n) is 6.69. The Kier molecular flexibility index (Phi) is 3.85. The topological polar surface area (TPSA) is 32.3 Å². The van der Waals surface area contributed by atoms with Crippen LogP contribution in [0, 0.1) is 0 Å². The molecule has 0 amide bonds. The second-order valence-electron chi connectivity index (χ2n) is 5.24. The molecular formula is C15H23NO. The molecule has 94 valence electrons. The first kappa shape index (κ1) is 12.6. The minimum Gasteiger partial charge on any atom is -0.384 e. The van der Waals surface area contributed by atoms with Crippen LogP contribution in [0.15, 0.2) is 18.2 Å². The minimum absolute atomic E-state index is 0.613. The summed E-state index contributed by atoms with van der Waals surface area (Å²) in [6.45, 7) is 5.45. The summed E-state index contributed by atoms with van der Waals surface area (Å²) in [4.78, 5) is 0. The highest BCUT2D eigenvalue weighted by Crippen LogP contribution is 2.27. The summed E-state index contributed by atoms with van der Waals surface area (Å²) in [6.07, 6.45) is 4.96. The predicted octanol–water partition coefficient (Wildman–Crippen LogP) is 2.38. The maximum Gasteiger partial charge on any atom is 0.0992 e. The summed E-state index contributed by atoms with van der Waals surface area (Å²) in [5.41, 5.74) is 3.19. The van der Waals surface area contributed by atoms with Crippen LogP contribution in [0.3, 0.4) is 0 Å². The number of fused-ring (bicyclic) bond motifs is 1. The molecular weight excluding hydrogens is 210 g/mol. The van der Waals surface area contributed by atoms with E-state index in [4.69, 9.17) is 0 Å². The lowest BCUT2D eigenvalue weighted by molar-refractivity contribution is 0.0575. The molecule has 0 heterocycles. The first-order chi connectivity index (χ1) is 8.13. The molecule has 0 aliphatic heterocycles. The van der Waals surface area contributed by atoms with E-state index in [1.165, 1.54) is 36.8 Å². The maximum atomic E-state index is 10.5. The monoisotopic (exact) mass is 233 g/mol. The molecule has 0 aromatic heterocycles. The second kappa shape index (κ2) is 5.19. The number of rotatable bonds is 4. The van der Waals surface area contributed by atoms with Gasteiger partial charge in [-0.1, -0.05) is 25.1 Å². The minimum atomic E-state index is -0.761.